The Morgan fingerprint density at radius 1 is 1.45 bits per heavy atom. The zero-order valence-electron chi connectivity index (χ0n) is 5.51. The largest absolute Gasteiger partial charge is 0.424 e. The van der Waals surface area contributed by atoms with Crippen molar-refractivity contribution in [3.8, 4) is 5.88 Å². The fourth-order valence-corrected chi connectivity index (χ4v) is 0.689. The van der Waals surface area contributed by atoms with E-state index < -0.39 is 0 Å². The van der Waals surface area contributed by atoms with E-state index in [0.717, 1.165) is 0 Å². The summed E-state index contributed by atoms with van der Waals surface area (Å²) >= 11 is 0. The van der Waals surface area contributed by atoms with E-state index >= 15 is 0 Å². The van der Waals surface area contributed by atoms with Gasteiger partial charge in [-0.15, -0.1) is 9.90 Å². The first-order valence-corrected chi connectivity index (χ1v) is 2.93. The highest BCUT2D eigenvalue weighted by Crippen LogP contribution is 2.02. The van der Waals surface area contributed by atoms with Crippen LogP contribution in [0.15, 0.2) is 23.2 Å². The zero-order valence-corrected chi connectivity index (χ0v) is 5.51. The number of hydrogen-bond acceptors (Lipinski definition) is 5. The fraction of sp³-hybridized carbons (Fsp3) is 0. The summed E-state index contributed by atoms with van der Waals surface area (Å²) in [5.74, 6) is 0.795. The fourth-order valence-electron chi connectivity index (χ4n) is 0.689. The molecular formula is C5H5N5O. The Morgan fingerprint density at radius 2 is 2.36 bits per heavy atom. The van der Waals surface area contributed by atoms with E-state index in [0.29, 0.717) is 11.7 Å². The van der Waals surface area contributed by atoms with Crippen LogP contribution in [0, 0.1) is 0 Å². The van der Waals surface area contributed by atoms with Gasteiger partial charge >= 0.3 is 0 Å². The van der Waals surface area contributed by atoms with Crippen molar-refractivity contribution in [2.45, 2.75) is 0 Å². The molecule has 2 rings (SSSR count). The van der Waals surface area contributed by atoms with Crippen molar-refractivity contribution in [1.82, 2.24) is 20.0 Å². The van der Waals surface area contributed by atoms with Crippen LogP contribution in [0.2, 0.25) is 0 Å². The Bertz CT molecular complexity index is 337. The van der Waals surface area contributed by atoms with Crippen molar-refractivity contribution < 1.29 is 4.42 Å². The maximum Gasteiger partial charge on any atom is 0.258 e. The zero-order chi connectivity index (χ0) is 7.68. The summed E-state index contributed by atoms with van der Waals surface area (Å²) in [6.45, 7) is 0. The SMILES string of the molecule is Nc1cnn(-c2cnco2)n1. The molecule has 56 valence electrons. The molecule has 0 aliphatic rings. The van der Waals surface area contributed by atoms with Crippen molar-refractivity contribution >= 4 is 5.82 Å². The molecule has 0 spiro atoms. The summed E-state index contributed by atoms with van der Waals surface area (Å²) in [5, 5.41) is 7.61. The van der Waals surface area contributed by atoms with E-state index in [1.807, 2.05) is 0 Å². The molecule has 0 bridgehead atoms. The second-order valence-corrected chi connectivity index (χ2v) is 1.90. The molecule has 0 saturated carbocycles. The first-order chi connectivity index (χ1) is 5.36. The molecule has 0 aliphatic heterocycles. The third-order valence-electron chi connectivity index (χ3n) is 1.13. The maximum atomic E-state index is 5.33. The minimum atomic E-state index is 0.349. The van der Waals surface area contributed by atoms with Crippen LogP contribution in [0.25, 0.3) is 5.88 Å². The molecular weight excluding hydrogens is 146 g/mol. The molecule has 6 heteroatoms. The van der Waals surface area contributed by atoms with Gasteiger partial charge in [0.15, 0.2) is 12.2 Å². The third-order valence-corrected chi connectivity index (χ3v) is 1.13. The summed E-state index contributed by atoms with van der Waals surface area (Å²) in [5.41, 5.74) is 5.33. The minimum Gasteiger partial charge on any atom is -0.424 e. The van der Waals surface area contributed by atoms with Crippen LogP contribution >= 0.6 is 0 Å². The Kier molecular flexibility index (Phi) is 1.12. The highest BCUT2D eigenvalue weighted by molar-refractivity contribution is 5.22. The molecule has 0 fully saturated rings. The van der Waals surface area contributed by atoms with Crippen molar-refractivity contribution in [2.24, 2.45) is 0 Å². The lowest BCUT2D eigenvalue weighted by molar-refractivity contribution is 0.495. The molecule has 2 aromatic rings. The lowest BCUT2D eigenvalue weighted by atomic mass is 10.8. The first kappa shape index (κ1) is 5.90. The van der Waals surface area contributed by atoms with E-state index in [9.17, 15) is 0 Å². The Morgan fingerprint density at radius 3 is 2.91 bits per heavy atom. The molecule has 2 heterocycles. The molecule has 2 N–H and O–H groups in total. The summed E-state index contributed by atoms with van der Waals surface area (Å²) in [7, 11) is 0. The van der Waals surface area contributed by atoms with Crippen LogP contribution in [0.5, 0.6) is 0 Å². The van der Waals surface area contributed by atoms with Gasteiger partial charge in [-0.25, -0.2) is 4.98 Å². The van der Waals surface area contributed by atoms with Crippen LogP contribution in [0.3, 0.4) is 0 Å². The van der Waals surface area contributed by atoms with Crippen molar-refractivity contribution in [3.63, 3.8) is 0 Å². The van der Waals surface area contributed by atoms with Gasteiger partial charge in [0.05, 0.1) is 12.4 Å². The van der Waals surface area contributed by atoms with Gasteiger partial charge in [-0.3, -0.25) is 0 Å². The van der Waals surface area contributed by atoms with Gasteiger partial charge in [0.2, 0.25) is 0 Å². The summed E-state index contributed by atoms with van der Waals surface area (Å²) < 4.78 is 4.90. The number of hydrogen-bond donors (Lipinski definition) is 1. The molecule has 0 radical (unpaired) electrons. The van der Waals surface area contributed by atoms with Crippen LogP contribution in [0.4, 0.5) is 5.82 Å². The van der Waals surface area contributed by atoms with Crippen molar-refractivity contribution in [3.05, 3.63) is 18.8 Å². The molecule has 0 saturated heterocycles. The van der Waals surface area contributed by atoms with E-state index in [1.165, 1.54) is 23.6 Å². The highest BCUT2D eigenvalue weighted by Gasteiger charge is 2.01. The molecule has 0 unspecified atom stereocenters. The number of aromatic nitrogens is 4. The molecule has 6 nitrogen and oxygen atoms in total. The molecule has 0 amide bonds. The van der Waals surface area contributed by atoms with Gasteiger partial charge in [-0.1, -0.05) is 0 Å². The molecule has 0 atom stereocenters. The number of nitrogens with zero attached hydrogens (tertiary/aromatic N) is 4. The van der Waals surface area contributed by atoms with Crippen LogP contribution in [0.1, 0.15) is 0 Å². The highest BCUT2D eigenvalue weighted by atomic mass is 16.4. The summed E-state index contributed by atoms with van der Waals surface area (Å²) in [6, 6.07) is 0. The first-order valence-electron chi connectivity index (χ1n) is 2.93. The van der Waals surface area contributed by atoms with Crippen LogP contribution in [-0.4, -0.2) is 20.0 Å². The maximum absolute atomic E-state index is 5.33. The predicted molar refractivity (Wildman–Crippen MR) is 35.8 cm³/mol. The Labute approximate surface area is 61.6 Å². The predicted octanol–water partition coefficient (Wildman–Crippen LogP) is -0.163. The van der Waals surface area contributed by atoms with Gasteiger partial charge in [0, 0.05) is 0 Å². The van der Waals surface area contributed by atoms with Crippen LogP contribution < -0.4 is 5.73 Å². The Balaban J connectivity index is 2.45. The summed E-state index contributed by atoms with van der Waals surface area (Å²) in [6.07, 6.45) is 4.23. The van der Waals surface area contributed by atoms with Gasteiger partial charge < -0.3 is 10.2 Å². The quantitative estimate of drug-likeness (QED) is 0.612. The number of rotatable bonds is 1. The molecule has 11 heavy (non-hydrogen) atoms. The topological polar surface area (TPSA) is 82.8 Å². The van der Waals surface area contributed by atoms with Crippen LogP contribution in [-0.2, 0) is 0 Å². The Hall–Kier alpha value is -1.85. The van der Waals surface area contributed by atoms with E-state index in [4.69, 9.17) is 10.2 Å². The van der Waals surface area contributed by atoms with Gasteiger partial charge in [0.25, 0.3) is 5.88 Å². The summed E-state index contributed by atoms with van der Waals surface area (Å²) in [4.78, 5) is 4.97. The molecule has 0 aliphatic carbocycles. The molecule has 0 aromatic carbocycles. The minimum absolute atomic E-state index is 0.349. The lowest BCUT2D eigenvalue weighted by Crippen LogP contribution is -1.97. The average molecular weight is 151 g/mol. The van der Waals surface area contributed by atoms with E-state index in [-0.39, 0.29) is 0 Å². The monoisotopic (exact) mass is 151 g/mol. The number of nitrogen functional groups attached to an aromatic ring is 1. The van der Waals surface area contributed by atoms with Gasteiger partial charge in [-0.2, -0.15) is 5.10 Å². The van der Waals surface area contributed by atoms with E-state index in [2.05, 4.69) is 15.2 Å². The smallest absolute Gasteiger partial charge is 0.258 e. The second kappa shape index (κ2) is 2.08. The number of nitrogens with two attached hydrogens (primary N) is 1. The van der Waals surface area contributed by atoms with Gasteiger partial charge in [0.1, 0.15) is 0 Å². The van der Waals surface area contributed by atoms with Gasteiger partial charge in [-0.05, 0) is 0 Å². The second-order valence-electron chi connectivity index (χ2n) is 1.90. The van der Waals surface area contributed by atoms with Crippen molar-refractivity contribution in [2.75, 3.05) is 5.73 Å². The standard InChI is InChI=1S/C5H5N5O/c6-4-1-8-10(9-4)5-2-7-3-11-5/h1-3H,(H2,6,9). The van der Waals surface area contributed by atoms with E-state index in [1.54, 1.807) is 0 Å². The third kappa shape index (κ3) is 0.936. The number of oxazole rings is 1. The number of anilines is 1. The lowest BCUT2D eigenvalue weighted by Gasteiger charge is -1.87. The van der Waals surface area contributed by atoms with Crippen molar-refractivity contribution in [1.29, 1.82) is 0 Å². The molecule has 2 aromatic heterocycles. The average Bonchev–Trinajstić information content (AvgIpc) is 2.55. The normalized spacial score (nSPS) is 10.2.